The third kappa shape index (κ3) is 5.47. The fraction of sp³-hybridized carbons (Fsp3) is 1.00. The number of halogens is 17. The molecule has 0 amide bonds. The van der Waals surface area contributed by atoms with Crippen molar-refractivity contribution in [2.24, 2.45) is 11.8 Å². The van der Waals surface area contributed by atoms with Crippen molar-refractivity contribution in [1.82, 2.24) is 0 Å². The molecule has 0 rings (SSSR count). The summed E-state index contributed by atoms with van der Waals surface area (Å²) >= 11 is 2.68. The monoisotopic (exact) mass is 564 g/mol. The lowest BCUT2D eigenvalue weighted by Gasteiger charge is -2.40. The summed E-state index contributed by atoms with van der Waals surface area (Å²) in [5.41, 5.74) is 0. The normalized spacial score (nSPS) is 17.6. The lowest BCUT2D eigenvalue weighted by molar-refractivity contribution is -0.441. The molecule has 17 heteroatoms. The molecule has 0 aliphatic heterocycles. The molecule has 2 unspecified atom stereocenters. The maximum atomic E-state index is 13.7. The van der Waals surface area contributed by atoms with Crippen molar-refractivity contribution in [3.8, 4) is 0 Å². The van der Waals surface area contributed by atoms with Gasteiger partial charge in [0.05, 0.1) is 5.92 Å². The van der Waals surface area contributed by atoms with E-state index in [1.54, 1.807) is 0 Å². The van der Waals surface area contributed by atoms with E-state index < -0.39 is 66.6 Å². The molecule has 188 valence electrons. The summed E-state index contributed by atoms with van der Waals surface area (Å²) in [6, 6.07) is 0. The van der Waals surface area contributed by atoms with Crippen LogP contribution in [-0.4, -0.2) is 47.3 Å². The summed E-state index contributed by atoms with van der Waals surface area (Å²) in [5.74, 6) is -43.3. The summed E-state index contributed by atoms with van der Waals surface area (Å²) in [6.45, 7) is 1.24. The van der Waals surface area contributed by atoms with Crippen LogP contribution in [0.4, 0.5) is 70.2 Å². The summed E-state index contributed by atoms with van der Waals surface area (Å²) < 4.78 is 208. The van der Waals surface area contributed by atoms with Gasteiger partial charge < -0.3 is 0 Å². The SMILES string of the molecule is CCC(CBr)CC(CC(F)(F)C(F)(F)C(F)(F)C(F)(F)C(F)(F)C(F)(F)F)C(F)(F)F. The molecule has 2 atom stereocenters. The largest absolute Gasteiger partial charge is 0.460 e. The maximum Gasteiger partial charge on any atom is 0.460 e. The van der Waals surface area contributed by atoms with E-state index in [-0.39, 0.29) is 11.8 Å². The molecule has 0 aromatic carbocycles. The number of hydrogen-bond donors (Lipinski definition) is 0. The van der Waals surface area contributed by atoms with Gasteiger partial charge >= 0.3 is 42.0 Å². The fourth-order valence-corrected chi connectivity index (χ4v) is 3.04. The van der Waals surface area contributed by atoms with E-state index in [9.17, 15) is 70.2 Å². The average Bonchev–Trinajstić information content (AvgIpc) is 2.55. The van der Waals surface area contributed by atoms with Crippen molar-refractivity contribution < 1.29 is 70.2 Å². The van der Waals surface area contributed by atoms with Crippen molar-refractivity contribution >= 4 is 15.9 Å². The van der Waals surface area contributed by atoms with Gasteiger partial charge in [0.2, 0.25) is 0 Å². The Labute approximate surface area is 172 Å². The topological polar surface area (TPSA) is 0 Å². The van der Waals surface area contributed by atoms with E-state index in [2.05, 4.69) is 15.9 Å². The first-order valence-corrected chi connectivity index (χ1v) is 9.05. The summed E-state index contributed by atoms with van der Waals surface area (Å²) in [4.78, 5) is 0. The van der Waals surface area contributed by atoms with Gasteiger partial charge in [-0.15, -0.1) is 0 Å². The Kier molecular flexibility index (Phi) is 8.77. The predicted octanol–water partition coefficient (Wildman–Crippen LogP) is 8.11. The van der Waals surface area contributed by atoms with Crippen LogP contribution in [0.1, 0.15) is 26.2 Å². The van der Waals surface area contributed by atoms with Gasteiger partial charge in [-0.1, -0.05) is 29.3 Å². The molecule has 0 saturated heterocycles. The van der Waals surface area contributed by atoms with Gasteiger partial charge in [0.1, 0.15) is 0 Å². The van der Waals surface area contributed by atoms with Crippen molar-refractivity contribution in [1.29, 1.82) is 0 Å². The Morgan fingerprint density at radius 2 is 1.00 bits per heavy atom. The Bertz CT molecular complexity index is 586. The minimum absolute atomic E-state index is 0.161. The van der Waals surface area contributed by atoms with E-state index in [4.69, 9.17) is 0 Å². The van der Waals surface area contributed by atoms with Crippen molar-refractivity contribution in [2.75, 3.05) is 5.33 Å². The average molecular weight is 565 g/mol. The number of rotatable bonds is 10. The molecule has 0 saturated carbocycles. The highest BCUT2D eigenvalue weighted by atomic mass is 79.9. The van der Waals surface area contributed by atoms with Gasteiger partial charge in [0, 0.05) is 11.8 Å². The standard InChI is InChI=1S/C14H13BrF16/c1-2-6(5-15)3-7(9(18,19)20)4-8(16,17)10(21,22)11(23,24)12(25,26)13(27,28)14(29,30)31/h6-7H,2-5H2,1H3. The predicted molar refractivity (Wildman–Crippen MR) is 77.1 cm³/mol. The van der Waals surface area contributed by atoms with E-state index in [1.807, 2.05) is 0 Å². The van der Waals surface area contributed by atoms with Gasteiger partial charge in [0.25, 0.3) is 0 Å². The van der Waals surface area contributed by atoms with Crippen LogP contribution in [0.3, 0.4) is 0 Å². The second kappa shape index (κ2) is 8.95. The van der Waals surface area contributed by atoms with Crippen LogP contribution in [-0.2, 0) is 0 Å². The van der Waals surface area contributed by atoms with Crippen LogP contribution in [0.2, 0.25) is 0 Å². The zero-order valence-corrected chi connectivity index (χ0v) is 16.5. The molecule has 0 aromatic heterocycles. The van der Waals surface area contributed by atoms with Gasteiger partial charge in [-0.2, -0.15) is 70.2 Å². The molecule has 0 radical (unpaired) electrons. The van der Waals surface area contributed by atoms with Crippen molar-refractivity contribution in [2.45, 2.75) is 68.2 Å². The quantitative estimate of drug-likeness (QED) is 0.186. The van der Waals surface area contributed by atoms with Crippen molar-refractivity contribution in [3.63, 3.8) is 0 Å². The van der Waals surface area contributed by atoms with Crippen LogP contribution in [0, 0.1) is 11.8 Å². The molecule has 0 nitrogen and oxygen atoms in total. The second-order valence-electron chi connectivity index (χ2n) is 6.61. The lowest BCUT2D eigenvalue weighted by Crippen LogP contribution is -2.70. The zero-order valence-electron chi connectivity index (χ0n) is 14.9. The minimum atomic E-state index is -8.14. The molecule has 0 bridgehead atoms. The highest BCUT2D eigenvalue weighted by Crippen LogP contribution is 2.61. The van der Waals surface area contributed by atoms with Crippen molar-refractivity contribution in [3.05, 3.63) is 0 Å². The molecule has 0 spiro atoms. The molecule has 0 aromatic rings. The van der Waals surface area contributed by atoms with Gasteiger partial charge in [-0.05, 0) is 12.3 Å². The number of alkyl halides is 17. The smallest absolute Gasteiger partial charge is 0.200 e. The van der Waals surface area contributed by atoms with Crippen LogP contribution < -0.4 is 0 Å². The third-order valence-corrected chi connectivity index (χ3v) is 5.29. The molecule has 0 aliphatic rings. The van der Waals surface area contributed by atoms with Gasteiger partial charge in [-0.25, -0.2) is 0 Å². The van der Waals surface area contributed by atoms with E-state index in [0.29, 0.717) is 0 Å². The Morgan fingerprint density at radius 3 is 1.29 bits per heavy atom. The summed E-state index contributed by atoms with van der Waals surface area (Å²) in [6.07, 6.45) is -18.1. The first-order valence-electron chi connectivity index (χ1n) is 7.93. The molecule has 31 heavy (non-hydrogen) atoms. The highest BCUT2D eigenvalue weighted by Gasteiger charge is 2.90. The van der Waals surface area contributed by atoms with Crippen LogP contribution in [0.5, 0.6) is 0 Å². The molecule has 0 heterocycles. The second-order valence-corrected chi connectivity index (χ2v) is 7.25. The van der Waals surface area contributed by atoms with Gasteiger partial charge in [0.15, 0.2) is 0 Å². The maximum absolute atomic E-state index is 13.7. The summed E-state index contributed by atoms with van der Waals surface area (Å²) in [7, 11) is 0. The Morgan fingerprint density at radius 1 is 0.613 bits per heavy atom. The van der Waals surface area contributed by atoms with E-state index in [0.717, 1.165) is 0 Å². The summed E-state index contributed by atoms with van der Waals surface area (Å²) in [5, 5.41) is -0.302. The Hall–Kier alpha value is -0.640. The zero-order chi connectivity index (χ0) is 25.5. The van der Waals surface area contributed by atoms with Crippen LogP contribution in [0.25, 0.3) is 0 Å². The molecular formula is C14H13BrF16. The third-order valence-electron chi connectivity index (χ3n) is 4.38. The lowest BCUT2D eigenvalue weighted by atomic mass is 9.84. The van der Waals surface area contributed by atoms with E-state index >= 15 is 0 Å². The number of hydrogen-bond acceptors (Lipinski definition) is 0. The Balaban J connectivity index is 6.30. The molecule has 0 N–H and O–H groups in total. The minimum Gasteiger partial charge on any atom is -0.200 e. The molecule has 0 fully saturated rings. The van der Waals surface area contributed by atoms with E-state index in [1.165, 1.54) is 6.92 Å². The van der Waals surface area contributed by atoms with Crippen LogP contribution >= 0.6 is 15.9 Å². The first kappa shape index (κ1) is 30.4. The van der Waals surface area contributed by atoms with Crippen LogP contribution in [0.15, 0.2) is 0 Å². The molecule has 0 aliphatic carbocycles. The highest BCUT2D eigenvalue weighted by molar-refractivity contribution is 9.09. The van der Waals surface area contributed by atoms with Gasteiger partial charge in [-0.3, -0.25) is 0 Å². The first-order chi connectivity index (χ1) is 13.3. The fourth-order valence-electron chi connectivity index (χ4n) is 2.31. The molecular weight excluding hydrogens is 552 g/mol.